The number of nitro groups is 1. The van der Waals surface area contributed by atoms with E-state index in [9.17, 15) is 10.1 Å². The minimum atomic E-state index is -0.456. The Morgan fingerprint density at radius 3 is 2.90 bits per heavy atom. The number of rotatable bonds is 6. The monoisotopic (exact) mass is 307 g/mol. The van der Waals surface area contributed by atoms with Gasteiger partial charge in [-0.3, -0.25) is 10.1 Å². The van der Waals surface area contributed by atoms with E-state index in [1.807, 2.05) is 31.4 Å². The van der Waals surface area contributed by atoms with Gasteiger partial charge in [0.25, 0.3) is 0 Å². The quantitative estimate of drug-likeness (QED) is 0.652. The highest BCUT2D eigenvalue weighted by Gasteiger charge is 2.24. The van der Waals surface area contributed by atoms with Gasteiger partial charge in [0.2, 0.25) is 11.8 Å². The summed E-state index contributed by atoms with van der Waals surface area (Å²) in [5, 5.41) is 16.1. The van der Waals surface area contributed by atoms with Crippen LogP contribution in [0.5, 0.6) is 0 Å². The molecule has 0 saturated carbocycles. The highest BCUT2D eigenvalue weighted by molar-refractivity contribution is 7.10. The Bertz CT molecular complexity index is 617. The van der Waals surface area contributed by atoms with E-state index < -0.39 is 4.92 Å². The molecule has 0 aliphatic heterocycles. The molecule has 0 fully saturated rings. The van der Waals surface area contributed by atoms with Gasteiger partial charge in [-0.2, -0.15) is 4.98 Å². The molecule has 7 nitrogen and oxygen atoms in total. The van der Waals surface area contributed by atoms with E-state index in [2.05, 4.69) is 15.3 Å². The third-order valence-corrected chi connectivity index (χ3v) is 4.19. The second-order valence-corrected chi connectivity index (χ2v) is 5.47. The van der Waals surface area contributed by atoms with Crippen LogP contribution in [0.15, 0.2) is 23.7 Å². The van der Waals surface area contributed by atoms with Crippen molar-refractivity contribution >= 4 is 28.8 Å². The zero-order valence-corrected chi connectivity index (χ0v) is 12.9. The Morgan fingerprint density at radius 2 is 2.33 bits per heavy atom. The lowest BCUT2D eigenvalue weighted by Gasteiger charge is -2.24. The summed E-state index contributed by atoms with van der Waals surface area (Å²) in [7, 11) is 1.80. The summed E-state index contributed by atoms with van der Waals surface area (Å²) in [6.45, 7) is 4.56. The van der Waals surface area contributed by atoms with E-state index in [1.165, 1.54) is 6.20 Å². The number of hydrogen-bond donors (Lipinski definition) is 1. The van der Waals surface area contributed by atoms with E-state index in [1.54, 1.807) is 23.3 Å². The van der Waals surface area contributed by atoms with Gasteiger partial charge in [-0.1, -0.05) is 6.07 Å². The van der Waals surface area contributed by atoms with Crippen molar-refractivity contribution in [3.05, 3.63) is 38.7 Å². The number of anilines is 2. The first kappa shape index (κ1) is 15.2. The van der Waals surface area contributed by atoms with Crippen molar-refractivity contribution in [2.24, 2.45) is 0 Å². The average molecular weight is 307 g/mol. The van der Waals surface area contributed by atoms with Gasteiger partial charge >= 0.3 is 5.69 Å². The normalized spacial score (nSPS) is 12.0. The smallest absolute Gasteiger partial charge is 0.329 e. The topological polar surface area (TPSA) is 84.2 Å². The van der Waals surface area contributed by atoms with Crippen molar-refractivity contribution in [3.8, 4) is 0 Å². The second kappa shape index (κ2) is 6.49. The molecule has 2 aromatic rings. The van der Waals surface area contributed by atoms with Gasteiger partial charge in [0.1, 0.15) is 6.20 Å². The molecule has 21 heavy (non-hydrogen) atoms. The standard InChI is InChI=1S/C13H17N5O2S/c1-4-14-13-15-8-10(18(19)20)12(16-13)17(3)9(2)11-6-5-7-21-11/h5-9H,4H2,1-3H3,(H,14,15,16). The van der Waals surface area contributed by atoms with Crippen LogP contribution in [-0.2, 0) is 0 Å². The van der Waals surface area contributed by atoms with Crippen LogP contribution in [0.25, 0.3) is 0 Å². The fraction of sp³-hybridized carbons (Fsp3) is 0.385. The Kier molecular flexibility index (Phi) is 4.69. The van der Waals surface area contributed by atoms with Crippen LogP contribution in [0.4, 0.5) is 17.5 Å². The summed E-state index contributed by atoms with van der Waals surface area (Å²) < 4.78 is 0. The van der Waals surface area contributed by atoms with Crippen LogP contribution in [0.3, 0.4) is 0 Å². The SMILES string of the molecule is CCNc1ncc([N+](=O)[O-])c(N(C)C(C)c2cccs2)n1. The number of nitrogens with zero attached hydrogens (tertiary/aromatic N) is 4. The molecule has 0 aromatic carbocycles. The van der Waals surface area contributed by atoms with Crippen LogP contribution >= 0.6 is 11.3 Å². The molecule has 2 aromatic heterocycles. The van der Waals surface area contributed by atoms with E-state index in [0.717, 1.165) is 4.88 Å². The van der Waals surface area contributed by atoms with E-state index in [-0.39, 0.29) is 11.7 Å². The zero-order valence-electron chi connectivity index (χ0n) is 12.1. The molecule has 2 rings (SSSR count). The number of nitrogens with one attached hydrogen (secondary N) is 1. The molecule has 112 valence electrons. The van der Waals surface area contributed by atoms with Crippen molar-refractivity contribution in [2.75, 3.05) is 23.8 Å². The fourth-order valence-corrected chi connectivity index (χ4v) is 2.73. The van der Waals surface area contributed by atoms with Gasteiger partial charge in [0.05, 0.1) is 11.0 Å². The highest BCUT2D eigenvalue weighted by Crippen LogP contribution is 2.32. The summed E-state index contributed by atoms with van der Waals surface area (Å²) >= 11 is 1.61. The predicted octanol–water partition coefficient (Wildman–Crippen LogP) is 3.08. The minimum absolute atomic E-state index is 0.00641. The summed E-state index contributed by atoms with van der Waals surface area (Å²) in [4.78, 5) is 21.9. The minimum Gasteiger partial charge on any atom is -0.354 e. The molecule has 1 N–H and O–H groups in total. The molecule has 1 unspecified atom stereocenters. The summed E-state index contributed by atoms with van der Waals surface area (Å²) in [6, 6.07) is 3.96. The molecule has 2 heterocycles. The summed E-state index contributed by atoms with van der Waals surface area (Å²) in [6.07, 6.45) is 1.25. The lowest BCUT2D eigenvalue weighted by Crippen LogP contribution is -2.23. The molecule has 0 amide bonds. The highest BCUT2D eigenvalue weighted by atomic mass is 32.1. The summed E-state index contributed by atoms with van der Waals surface area (Å²) in [5.41, 5.74) is -0.0949. The Labute approximate surface area is 126 Å². The molecular weight excluding hydrogens is 290 g/mol. The molecule has 0 spiro atoms. The van der Waals surface area contributed by atoms with Crippen molar-refractivity contribution in [2.45, 2.75) is 19.9 Å². The number of thiophene rings is 1. The predicted molar refractivity (Wildman–Crippen MR) is 84.0 cm³/mol. The Hall–Kier alpha value is -2.22. The van der Waals surface area contributed by atoms with Crippen molar-refractivity contribution in [3.63, 3.8) is 0 Å². The molecule has 0 aliphatic rings. The van der Waals surface area contributed by atoms with Gasteiger partial charge in [0, 0.05) is 18.5 Å². The first-order chi connectivity index (χ1) is 10.0. The van der Waals surface area contributed by atoms with Crippen molar-refractivity contribution in [1.82, 2.24) is 9.97 Å². The van der Waals surface area contributed by atoms with E-state index in [0.29, 0.717) is 18.3 Å². The van der Waals surface area contributed by atoms with Crippen molar-refractivity contribution in [1.29, 1.82) is 0 Å². The van der Waals surface area contributed by atoms with E-state index in [4.69, 9.17) is 0 Å². The van der Waals surface area contributed by atoms with Crippen LogP contribution in [0.1, 0.15) is 24.8 Å². The molecule has 1 atom stereocenters. The fourth-order valence-electron chi connectivity index (χ4n) is 1.90. The largest absolute Gasteiger partial charge is 0.354 e. The molecular formula is C13H17N5O2S. The zero-order chi connectivity index (χ0) is 15.4. The molecule has 0 saturated heterocycles. The summed E-state index contributed by atoms with van der Waals surface area (Å²) in [5.74, 6) is 0.704. The maximum absolute atomic E-state index is 11.2. The van der Waals surface area contributed by atoms with Crippen LogP contribution in [-0.4, -0.2) is 28.5 Å². The third-order valence-electron chi connectivity index (χ3n) is 3.15. The Morgan fingerprint density at radius 1 is 1.57 bits per heavy atom. The van der Waals surface area contributed by atoms with Crippen molar-refractivity contribution < 1.29 is 4.92 Å². The van der Waals surface area contributed by atoms with Crippen LogP contribution < -0.4 is 10.2 Å². The maximum Gasteiger partial charge on any atom is 0.329 e. The molecule has 0 aliphatic carbocycles. The lowest BCUT2D eigenvalue weighted by molar-refractivity contribution is -0.384. The van der Waals surface area contributed by atoms with Gasteiger partial charge in [-0.05, 0) is 25.3 Å². The van der Waals surface area contributed by atoms with Gasteiger partial charge in [0.15, 0.2) is 0 Å². The van der Waals surface area contributed by atoms with Crippen LogP contribution in [0, 0.1) is 10.1 Å². The molecule has 0 bridgehead atoms. The Balaban J connectivity index is 2.39. The second-order valence-electron chi connectivity index (χ2n) is 4.49. The van der Waals surface area contributed by atoms with E-state index >= 15 is 0 Å². The molecule has 8 heteroatoms. The number of hydrogen-bond acceptors (Lipinski definition) is 7. The lowest BCUT2D eigenvalue weighted by atomic mass is 10.2. The van der Waals surface area contributed by atoms with Gasteiger partial charge < -0.3 is 10.2 Å². The number of aromatic nitrogens is 2. The third kappa shape index (κ3) is 3.27. The van der Waals surface area contributed by atoms with Crippen LogP contribution in [0.2, 0.25) is 0 Å². The van der Waals surface area contributed by atoms with Gasteiger partial charge in [-0.15, -0.1) is 11.3 Å². The average Bonchev–Trinajstić information content (AvgIpc) is 3.00. The molecule has 0 radical (unpaired) electrons. The van der Waals surface area contributed by atoms with Gasteiger partial charge in [-0.25, -0.2) is 4.98 Å². The first-order valence-corrected chi connectivity index (χ1v) is 7.44. The first-order valence-electron chi connectivity index (χ1n) is 6.56. The maximum atomic E-state index is 11.2.